The average Bonchev–Trinajstić information content (AvgIpc) is 2.78. The molecule has 2 N–H and O–H groups in total. The van der Waals surface area contributed by atoms with E-state index in [1.165, 1.54) is 6.20 Å². The van der Waals surface area contributed by atoms with Gasteiger partial charge in [-0.25, -0.2) is 15.1 Å². The van der Waals surface area contributed by atoms with E-state index in [0.29, 0.717) is 17.9 Å². The number of rotatable bonds is 6. The molecule has 0 spiro atoms. The summed E-state index contributed by atoms with van der Waals surface area (Å²) < 4.78 is 5.60. The van der Waals surface area contributed by atoms with E-state index in [9.17, 15) is 14.9 Å². The van der Waals surface area contributed by atoms with E-state index in [1.807, 2.05) is 25.1 Å². The number of hydrogen-bond acceptors (Lipinski definition) is 6. The average molecular weight is 293 g/mol. The minimum Gasteiger partial charge on any atom is -0.464 e. The first-order valence-electron chi connectivity index (χ1n) is 6.15. The lowest BCUT2D eigenvalue weighted by molar-refractivity contribution is -0.446. The summed E-state index contributed by atoms with van der Waals surface area (Å²) in [6.07, 6.45) is 1.56. The summed E-state index contributed by atoms with van der Waals surface area (Å²) in [6.45, 7) is 0.667. The van der Waals surface area contributed by atoms with Gasteiger partial charge in [0.05, 0.1) is 6.54 Å². The molecule has 0 fully saturated rings. The van der Waals surface area contributed by atoms with Crippen LogP contribution in [0.25, 0.3) is 0 Å². The second-order valence-electron chi connectivity index (χ2n) is 4.74. The fraction of sp³-hybridized carbons (Fsp3) is 0.333. The number of furan rings is 1. The third kappa shape index (κ3) is 4.14. The summed E-state index contributed by atoms with van der Waals surface area (Å²) in [7, 11) is 3.86. The Morgan fingerprint density at radius 1 is 1.43 bits per heavy atom. The molecule has 0 amide bonds. The van der Waals surface area contributed by atoms with Crippen molar-refractivity contribution in [1.29, 1.82) is 0 Å². The van der Waals surface area contributed by atoms with Crippen LogP contribution in [0.3, 0.4) is 0 Å². The number of hydrogen-bond donors (Lipinski definition) is 2. The highest BCUT2D eigenvalue weighted by Crippen LogP contribution is 2.12. The van der Waals surface area contributed by atoms with E-state index in [0.717, 1.165) is 5.76 Å². The lowest BCUT2D eigenvalue weighted by Gasteiger charge is -2.05. The van der Waals surface area contributed by atoms with Crippen LogP contribution in [-0.4, -0.2) is 34.0 Å². The molecule has 9 heteroatoms. The molecule has 2 rings (SSSR count). The number of nitrogens with one attached hydrogen (secondary N) is 2. The molecule has 2 aromatic heterocycles. The van der Waals surface area contributed by atoms with Gasteiger partial charge in [-0.3, -0.25) is 9.78 Å². The normalized spacial score (nSPS) is 10.8. The number of aromatic nitrogens is 2. The monoisotopic (exact) mass is 293 g/mol. The molecule has 0 saturated carbocycles. The van der Waals surface area contributed by atoms with Gasteiger partial charge in [0.1, 0.15) is 11.5 Å². The molecule has 0 aliphatic heterocycles. The number of nitro groups is 1. The van der Waals surface area contributed by atoms with Crippen LogP contribution in [0.15, 0.2) is 27.5 Å². The first-order valence-corrected chi connectivity index (χ1v) is 6.15. The second-order valence-corrected chi connectivity index (χ2v) is 4.74. The molecular weight excluding hydrogens is 278 g/mol. The van der Waals surface area contributed by atoms with E-state index in [1.54, 1.807) is 11.5 Å². The Balaban J connectivity index is 2.11. The summed E-state index contributed by atoms with van der Waals surface area (Å²) in [5, 5.41) is 9.47. The van der Waals surface area contributed by atoms with E-state index in [4.69, 9.17) is 4.42 Å². The SMILES string of the molecule is CN(C)Cc1ccc(Cc2cnc(N[N+](=O)[O-])[nH]c2=O)o1. The zero-order valence-electron chi connectivity index (χ0n) is 11.6. The van der Waals surface area contributed by atoms with Gasteiger partial charge in [-0.05, 0) is 26.2 Å². The van der Waals surface area contributed by atoms with Crippen LogP contribution < -0.4 is 11.0 Å². The Kier molecular flexibility index (Phi) is 4.33. The van der Waals surface area contributed by atoms with Gasteiger partial charge in [-0.2, -0.15) is 0 Å². The van der Waals surface area contributed by atoms with Gasteiger partial charge >= 0.3 is 0 Å². The van der Waals surface area contributed by atoms with Gasteiger partial charge in [0, 0.05) is 18.2 Å². The largest absolute Gasteiger partial charge is 0.464 e. The number of hydrazine groups is 1. The number of anilines is 1. The van der Waals surface area contributed by atoms with Gasteiger partial charge in [-0.1, -0.05) is 5.43 Å². The summed E-state index contributed by atoms with van der Waals surface area (Å²) in [4.78, 5) is 30.1. The maximum absolute atomic E-state index is 11.8. The molecule has 0 aromatic carbocycles. The standard InChI is InChI=1S/C12H15N5O4/c1-16(2)7-10-4-3-9(21-10)5-8-6-13-12(14-11(8)18)15-17(19)20/h3-4,6H,5,7H2,1-2H3,(H2,13,14,15,18). The summed E-state index contributed by atoms with van der Waals surface area (Å²) in [5.41, 5.74) is 1.71. The summed E-state index contributed by atoms with van der Waals surface area (Å²) in [6, 6.07) is 3.64. The van der Waals surface area contributed by atoms with Crippen LogP contribution in [-0.2, 0) is 13.0 Å². The van der Waals surface area contributed by atoms with Crippen molar-refractivity contribution in [3.05, 3.63) is 55.9 Å². The van der Waals surface area contributed by atoms with Gasteiger partial charge in [0.2, 0.25) is 0 Å². The minimum absolute atomic E-state index is 0.207. The van der Waals surface area contributed by atoms with Crippen LogP contribution >= 0.6 is 0 Å². The first-order chi connectivity index (χ1) is 9.94. The van der Waals surface area contributed by atoms with Crippen LogP contribution in [0.1, 0.15) is 17.1 Å². The third-order valence-corrected chi connectivity index (χ3v) is 2.62. The van der Waals surface area contributed by atoms with Crippen molar-refractivity contribution in [3.63, 3.8) is 0 Å². The molecule has 0 aliphatic carbocycles. The highest BCUT2D eigenvalue weighted by atomic mass is 16.7. The Labute approximate surface area is 119 Å². The summed E-state index contributed by atoms with van der Waals surface area (Å²) >= 11 is 0. The van der Waals surface area contributed by atoms with Gasteiger partial charge in [-0.15, -0.1) is 0 Å². The second kappa shape index (κ2) is 6.18. The molecule has 2 aromatic rings. The molecule has 0 atom stereocenters. The molecule has 0 radical (unpaired) electrons. The van der Waals surface area contributed by atoms with Crippen molar-refractivity contribution in [2.24, 2.45) is 0 Å². The molecule has 0 unspecified atom stereocenters. The molecule has 9 nitrogen and oxygen atoms in total. The zero-order valence-corrected chi connectivity index (χ0v) is 11.6. The van der Waals surface area contributed by atoms with E-state index >= 15 is 0 Å². The van der Waals surface area contributed by atoms with E-state index < -0.39 is 10.6 Å². The van der Waals surface area contributed by atoms with Crippen molar-refractivity contribution >= 4 is 5.95 Å². The first kappa shape index (κ1) is 14.7. The van der Waals surface area contributed by atoms with Gasteiger partial charge in [0.15, 0.2) is 5.03 Å². The topological polar surface area (TPSA) is 117 Å². The van der Waals surface area contributed by atoms with Crippen LogP contribution in [0.5, 0.6) is 0 Å². The van der Waals surface area contributed by atoms with Gasteiger partial charge < -0.3 is 9.32 Å². The Bertz CT molecular complexity index is 691. The van der Waals surface area contributed by atoms with E-state index in [-0.39, 0.29) is 12.4 Å². The molecule has 0 saturated heterocycles. The van der Waals surface area contributed by atoms with Crippen molar-refractivity contribution in [3.8, 4) is 0 Å². The fourth-order valence-electron chi connectivity index (χ4n) is 1.79. The molecular formula is C12H15N5O4. The Morgan fingerprint density at radius 3 is 2.76 bits per heavy atom. The lowest BCUT2D eigenvalue weighted by atomic mass is 10.2. The van der Waals surface area contributed by atoms with E-state index in [2.05, 4.69) is 9.97 Å². The Morgan fingerprint density at radius 2 is 2.14 bits per heavy atom. The molecule has 0 aliphatic rings. The predicted octanol–water partition coefficient (Wildman–Crippen LogP) is 0.619. The third-order valence-electron chi connectivity index (χ3n) is 2.62. The zero-order chi connectivity index (χ0) is 15.4. The number of nitrogens with zero attached hydrogens (tertiary/aromatic N) is 3. The quantitative estimate of drug-likeness (QED) is 0.592. The fourth-order valence-corrected chi connectivity index (χ4v) is 1.79. The highest BCUT2D eigenvalue weighted by molar-refractivity contribution is 5.24. The van der Waals surface area contributed by atoms with Crippen molar-refractivity contribution in [1.82, 2.24) is 14.9 Å². The highest BCUT2D eigenvalue weighted by Gasteiger charge is 2.09. The lowest BCUT2D eigenvalue weighted by Crippen LogP contribution is -2.19. The van der Waals surface area contributed by atoms with Crippen molar-refractivity contribution < 1.29 is 9.45 Å². The maximum atomic E-state index is 11.8. The van der Waals surface area contributed by atoms with Crippen LogP contribution in [0, 0.1) is 10.1 Å². The predicted molar refractivity (Wildman–Crippen MR) is 74.4 cm³/mol. The summed E-state index contributed by atoms with van der Waals surface area (Å²) in [5.74, 6) is 1.22. The Hall–Kier alpha value is -2.68. The molecule has 21 heavy (non-hydrogen) atoms. The molecule has 2 heterocycles. The minimum atomic E-state index is -0.794. The molecule has 112 valence electrons. The van der Waals surface area contributed by atoms with Crippen molar-refractivity contribution in [2.45, 2.75) is 13.0 Å². The molecule has 0 bridgehead atoms. The van der Waals surface area contributed by atoms with Crippen LogP contribution in [0.2, 0.25) is 0 Å². The maximum Gasteiger partial charge on any atom is 0.265 e. The number of aromatic amines is 1. The number of H-pyrrole nitrogens is 1. The van der Waals surface area contributed by atoms with Crippen LogP contribution in [0.4, 0.5) is 5.95 Å². The smallest absolute Gasteiger partial charge is 0.265 e. The van der Waals surface area contributed by atoms with Crippen molar-refractivity contribution in [2.75, 3.05) is 19.5 Å². The van der Waals surface area contributed by atoms with Gasteiger partial charge in [0.25, 0.3) is 11.5 Å².